The number of hydrogen-bond acceptors (Lipinski definition) is 5. The van der Waals surface area contributed by atoms with Crippen LogP contribution in [0.2, 0.25) is 0 Å². The molecule has 0 aliphatic carbocycles. The molecule has 7 nitrogen and oxygen atoms in total. The van der Waals surface area contributed by atoms with Crippen LogP contribution < -0.4 is 4.90 Å². The van der Waals surface area contributed by atoms with Crippen LogP contribution in [0, 0.1) is 10.1 Å². The Balaban J connectivity index is 2.51. The molecule has 1 aliphatic heterocycles. The van der Waals surface area contributed by atoms with E-state index in [0.717, 1.165) is 11.0 Å². The van der Waals surface area contributed by atoms with Crippen LogP contribution in [-0.2, 0) is 4.79 Å². The van der Waals surface area contributed by atoms with Crippen LogP contribution in [0.25, 0.3) is 0 Å². The lowest BCUT2D eigenvalue weighted by Crippen LogP contribution is -2.32. The standard InChI is InChI=1S/C10H8N2O5/c13-4-3-11-8-2-1-6(12(16)17)5-7(8)9(14)10(11)15/h1-2,5,13H,3-4H2. The number of carbonyl (C=O) groups is 2. The zero-order valence-electron chi connectivity index (χ0n) is 8.62. The maximum atomic E-state index is 11.6. The highest BCUT2D eigenvalue weighted by Crippen LogP contribution is 2.31. The average molecular weight is 236 g/mol. The Kier molecular flexibility index (Phi) is 2.60. The lowest BCUT2D eigenvalue weighted by atomic mass is 10.1. The molecule has 17 heavy (non-hydrogen) atoms. The molecule has 2 rings (SSSR count). The fraction of sp³-hybridized carbons (Fsp3) is 0.200. The second-order valence-electron chi connectivity index (χ2n) is 3.47. The average Bonchev–Trinajstić information content (AvgIpc) is 2.54. The van der Waals surface area contributed by atoms with Crippen molar-refractivity contribution < 1.29 is 19.6 Å². The van der Waals surface area contributed by atoms with E-state index in [1.807, 2.05) is 0 Å². The monoisotopic (exact) mass is 236 g/mol. The molecule has 0 bridgehead atoms. The first-order valence-electron chi connectivity index (χ1n) is 4.81. The number of Topliss-reactive ketones (excluding diaryl/α,β-unsaturated/α-hetero) is 1. The molecule has 0 unspecified atom stereocenters. The van der Waals surface area contributed by atoms with Crippen LogP contribution in [0.15, 0.2) is 18.2 Å². The van der Waals surface area contributed by atoms with E-state index in [9.17, 15) is 19.7 Å². The predicted molar refractivity (Wildman–Crippen MR) is 56.9 cm³/mol. The summed E-state index contributed by atoms with van der Waals surface area (Å²) in [5.41, 5.74) is 0.0769. The van der Waals surface area contributed by atoms with Crippen molar-refractivity contribution in [1.29, 1.82) is 0 Å². The van der Waals surface area contributed by atoms with Crippen molar-refractivity contribution in [3.8, 4) is 0 Å². The SMILES string of the molecule is O=C1C(=O)N(CCO)c2ccc([N+](=O)[O-])cc21. The number of benzene rings is 1. The number of aliphatic hydroxyl groups excluding tert-OH is 1. The van der Waals surface area contributed by atoms with Crippen molar-refractivity contribution in [3.63, 3.8) is 0 Å². The normalized spacial score (nSPS) is 14.1. The van der Waals surface area contributed by atoms with Gasteiger partial charge in [-0.15, -0.1) is 0 Å². The van der Waals surface area contributed by atoms with Crippen molar-refractivity contribution in [2.24, 2.45) is 0 Å². The van der Waals surface area contributed by atoms with Crippen molar-refractivity contribution in [1.82, 2.24) is 0 Å². The van der Waals surface area contributed by atoms with Crippen LogP contribution in [0.5, 0.6) is 0 Å². The summed E-state index contributed by atoms with van der Waals surface area (Å²) >= 11 is 0. The summed E-state index contributed by atoms with van der Waals surface area (Å²) in [5, 5.41) is 19.3. The summed E-state index contributed by atoms with van der Waals surface area (Å²) in [6, 6.07) is 3.63. The summed E-state index contributed by atoms with van der Waals surface area (Å²) in [7, 11) is 0. The van der Waals surface area contributed by atoms with E-state index in [4.69, 9.17) is 5.11 Å². The Labute approximate surface area is 95.4 Å². The Morgan fingerprint density at radius 2 is 2.06 bits per heavy atom. The Bertz CT molecular complexity index is 525. The largest absolute Gasteiger partial charge is 0.395 e. The van der Waals surface area contributed by atoms with Gasteiger partial charge in [0.15, 0.2) is 0 Å². The van der Waals surface area contributed by atoms with Gasteiger partial charge >= 0.3 is 0 Å². The smallest absolute Gasteiger partial charge is 0.299 e. The molecule has 1 aliphatic rings. The molecule has 7 heteroatoms. The number of amides is 1. The zero-order valence-corrected chi connectivity index (χ0v) is 8.62. The van der Waals surface area contributed by atoms with Crippen LogP contribution in [0.3, 0.4) is 0 Å². The maximum absolute atomic E-state index is 11.6. The molecule has 0 saturated carbocycles. The highest BCUT2D eigenvalue weighted by molar-refractivity contribution is 6.52. The summed E-state index contributed by atoms with van der Waals surface area (Å²) in [5.74, 6) is -1.55. The first kappa shape index (κ1) is 11.2. The molecule has 0 saturated heterocycles. The maximum Gasteiger partial charge on any atom is 0.299 e. The van der Waals surface area contributed by atoms with Gasteiger partial charge in [-0.25, -0.2) is 0 Å². The van der Waals surface area contributed by atoms with E-state index in [1.54, 1.807) is 0 Å². The van der Waals surface area contributed by atoms with Crippen molar-refractivity contribution >= 4 is 23.1 Å². The van der Waals surface area contributed by atoms with Crippen molar-refractivity contribution in [3.05, 3.63) is 33.9 Å². The molecule has 1 amide bonds. The number of non-ortho nitro benzene ring substituents is 1. The van der Waals surface area contributed by atoms with Gasteiger partial charge in [0.2, 0.25) is 0 Å². The van der Waals surface area contributed by atoms with Crippen LogP contribution >= 0.6 is 0 Å². The summed E-state index contributed by atoms with van der Waals surface area (Å²) < 4.78 is 0. The molecule has 1 aromatic rings. The molecule has 0 atom stereocenters. The number of rotatable bonds is 3. The highest BCUT2D eigenvalue weighted by Gasteiger charge is 2.36. The van der Waals surface area contributed by atoms with E-state index in [1.165, 1.54) is 12.1 Å². The van der Waals surface area contributed by atoms with Gasteiger partial charge in [-0.3, -0.25) is 19.7 Å². The summed E-state index contributed by atoms with van der Waals surface area (Å²) in [6.07, 6.45) is 0. The number of nitro groups is 1. The fourth-order valence-corrected chi connectivity index (χ4v) is 1.72. The number of nitrogens with zero attached hydrogens (tertiary/aromatic N) is 2. The third-order valence-corrected chi connectivity index (χ3v) is 2.49. The Hall–Kier alpha value is -2.28. The number of carbonyl (C=O) groups excluding carboxylic acids is 2. The first-order valence-corrected chi connectivity index (χ1v) is 4.81. The van der Waals surface area contributed by atoms with Crippen LogP contribution in [0.1, 0.15) is 10.4 Å². The predicted octanol–water partition coefficient (Wildman–Crippen LogP) is 0.116. The molecule has 1 aromatic carbocycles. The highest BCUT2D eigenvalue weighted by atomic mass is 16.6. The van der Waals surface area contributed by atoms with E-state index >= 15 is 0 Å². The van der Waals surface area contributed by atoms with Crippen molar-refractivity contribution in [2.75, 3.05) is 18.1 Å². The minimum Gasteiger partial charge on any atom is -0.395 e. The topological polar surface area (TPSA) is 101 Å². The van der Waals surface area contributed by atoms with Crippen LogP contribution in [0.4, 0.5) is 11.4 Å². The molecule has 0 spiro atoms. The second-order valence-corrected chi connectivity index (χ2v) is 3.47. The molecular weight excluding hydrogens is 228 g/mol. The number of β-amino-alcohol motifs (C(OH)–C–C–N with tert-alkyl or cyclic N) is 1. The third kappa shape index (κ3) is 1.66. The molecule has 0 fully saturated rings. The van der Waals surface area contributed by atoms with E-state index in [-0.39, 0.29) is 24.4 Å². The van der Waals surface area contributed by atoms with E-state index < -0.39 is 16.6 Å². The van der Waals surface area contributed by atoms with Gasteiger partial charge in [0.25, 0.3) is 17.4 Å². The number of ketones is 1. The van der Waals surface area contributed by atoms with Gasteiger partial charge in [0.1, 0.15) is 0 Å². The minimum atomic E-state index is -0.780. The third-order valence-electron chi connectivity index (χ3n) is 2.49. The summed E-state index contributed by atoms with van der Waals surface area (Å²) in [4.78, 5) is 34.1. The molecule has 1 N–H and O–H groups in total. The number of hydrogen-bond donors (Lipinski definition) is 1. The number of anilines is 1. The Morgan fingerprint density at radius 3 is 2.65 bits per heavy atom. The van der Waals surface area contributed by atoms with Gasteiger partial charge in [-0.2, -0.15) is 0 Å². The lowest BCUT2D eigenvalue weighted by molar-refractivity contribution is -0.384. The quantitative estimate of drug-likeness (QED) is 0.456. The molecule has 88 valence electrons. The molecular formula is C10H8N2O5. The van der Waals surface area contributed by atoms with E-state index in [0.29, 0.717) is 5.69 Å². The van der Waals surface area contributed by atoms with Gasteiger partial charge in [-0.05, 0) is 6.07 Å². The summed E-state index contributed by atoms with van der Waals surface area (Å²) in [6.45, 7) is -0.287. The molecule has 1 heterocycles. The zero-order chi connectivity index (χ0) is 12.6. The van der Waals surface area contributed by atoms with Crippen LogP contribution in [-0.4, -0.2) is 34.9 Å². The second kappa shape index (κ2) is 3.95. The molecule has 0 radical (unpaired) electrons. The fourth-order valence-electron chi connectivity index (χ4n) is 1.72. The Morgan fingerprint density at radius 1 is 1.35 bits per heavy atom. The number of aliphatic hydroxyl groups is 1. The van der Waals surface area contributed by atoms with Gasteiger partial charge in [0, 0.05) is 18.7 Å². The van der Waals surface area contributed by atoms with Gasteiger partial charge < -0.3 is 10.0 Å². The van der Waals surface area contributed by atoms with Crippen molar-refractivity contribution in [2.45, 2.75) is 0 Å². The number of nitro benzene ring substituents is 1. The van der Waals surface area contributed by atoms with Gasteiger partial charge in [-0.1, -0.05) is 0 Å². The first-order chi connectivity index (χ1) is 8.06. The molecule has 0 aromatic heterocycles. The van der Waals surface area contributed by atoms with Gasteiger partial charge in [0.05, 0.1) is 22.8 Å². The lowest BCUT2D eigenvalue weighted by Gasteiger charge is -2.13. The number of fused-ring (bicyclic) bond motifs is 1. The minimum absolute atomic E-state index is 0.00458. The van der Waals surface area contributed by atoms with E-state index in [2.05, 4.69) is 0 Å².